The Morgan fingerprint density at radius 3 is 2.55 bits per heavy atom. The van der Waals surface area contributed by atoms with Crippen LogP contribution < -0.4 is 16.0 Å². The summed E-state index contributed by atoms with van der Waals surface area (Å²) in [5.74, 6) is 0.792. The summed E-state index contributed by atoms with van der Waals surface area (Å²) in [7, 11) is 1.77. The Morgan fingerprint density at radius 2 is 1.86 bits per heavy atom. The van der Waals surface area contributed by atoms with Crippen LogP contribution in [0.1, 0.15) is 36.5 Å². The molecule has 0 aromatic heterocycles. The van der Waals surface area contributed by atoms with Gasteiger partial charge in [0.25, 0.3) is 0 Å². The van der Waals surface area contributed by atoms with Crippen molar-refractivity contribution in [2.45, 2.75) is 44.7 Å². The van der Waals surface area contributed by atoms with Crippen molar-refractivity contribution in [1.82, 2.24) is 10.6 Å². The van der Waals surface area contributed by atoms with Crippen molar-refractivity contribution in [1.29, 1.82) is 0 Å². The van der Waals surface area contributed by atoms with Gasteiger partial charge < -0.3 is 16.0 Å². The molecule has 0 saturated carbocycles. The molecule has 0 aliphatic heterocycles. The number of anilines is 1. The molecular weight excluding hydrogens is 495 g/mol. The lowest BCUT2D eigenvalue weighted by molar-refractivity contribution is -0.116. The summed E-state index contributed by atoms with van der Waals surface area (Å²) in [6, 6.07) is 14.4. The van der Waals surface area contributed by atoms with Crippen molar-refractivity contribution >= 4 is 53.3 Å². The molecule has 0 heterocycles. The Morgan fingerprint density at radius 1 is 1.10 bits per heavy atom. The molecule has 0 radical (unpaired) electrons. The normalized spacial score (nSPS) is 10.8. The summed E-state index contributed by atoms with van der Waals surface area (Å²) in [5, 5.41) is 9.63. The first kappa shape index (κ1) is 25.3. The number of rotatable bonds is 8. The van der Waals surface area contributed by atoms with Crippen LogP contribution in [-0.2, 0) is 17.9 Å². The number of guanidine groups is 1. The summed E-state index contributed by atoms with van der Waals surface area (Å²) >= 11 is 1.75. The Balaban J connectivity index is 0.00000420. The van der Waals surface area contributed by atoms with E-state index in [0.717, 1.165) is 23.6 Å². The van der Waals surface area contributed by atoms with E-state index in [1.54, 1.807) is 18.8 Å². The van der Waals surface area contributed by atoms with Gasteiger partial charge in [0, 0.05) is 37.1 Å². The average molecular weight is 526 g/mol. The van der Waals surface area contributed by atoms with Crippen LogP contribution in [-0.4, -0.2) is 25.2 Å². The third-order valence-corrected chi connectivity index (χ3v) is 5.08. The number of hydrogen-bond donors (Lipinski definition) is 3. The maximum Gasteiger partial charge on any atom is 0.224 e. The highest BCUT2D eigenvalue weighted by Crippen LogP contribution is 2.21. The molecule has 0 aliphatic rings. The second kappa shape index (κ2) is 13.5. The molecule has 2 aromatic rings. The Labute approximate surface area is 195 Å². The molecule has 3 N–H and O–H groups in total. The summed E-state index contributed by atoms with van der Waals surface area (Å²) in [5.41, 5.74) is 4.42. The first-order valence-corrected chi connectivity index (χ1v) is 10.7. The lowest BCUT2D eigenvalue weighted by Crippen LogP contribution is -2.36. The lowest BCUT2D eigenvalue weighted by Gasteiger charge is -2.14. The van der Waals surface area contributed by atoms with Gasteiger partial charge >= 0.3 is 0 Å². The van der Waals surface area contributed by atoms with E-state index in [1.165, 1.54) is 16.0 Å². The zero-order chi connectivity index (χ0) is 20.4. The van der Waals surface area contributed by atoms with Crippen molar-refractivity contribution in [3.8, 4) is 0 Å². The van der Waals surface area contributed by atoms with Crippen LogP contribution in [0.15, 0.2) is 52.4 Å². The molecule has 5 nitrogen and oxygen atoms in total. The fourth-order valence-corrected chi connectivity index (χ4v) is 3.50. The van der Waals surface area contributed by atoms with Crippen molar-refractivity contribution in [3.63, 3.8) is 0 Å². The van der Waals surface area contributed by atoms with Gasteiger partial charge in [0.1, 0.15) is 0 Å². The van der Waals surface area contributed by atoms with Crippen LogP contribution in [0.5, 0.6) is 0 Å². The lowest BCUT2D eigenvalue weighted by atomic mass is 10.1. The first-order chi connectivity index (χ1) is 13.5. The molecule has 0 unspecified atom stereocenters. The molecule has 0 bridgehead atoms. The molecule has 158 valence electrons. The molecule has 1 amide bonds. The van der Waals surface area contributed by atoms with E-state index in [4.69, 9.17) is 0 Å². The summed E-state index contributed by atoms with van der Waals surface area (Å²) < 4.78 is 0. The molecule has 29 heavy (non-hydrogen) atoms. The highest BCUT2D eigenvalue weighted by molar-refractivity contribution is 14.0. The van der Waals surface area contributed by atoms with Gasteiger partial charge in [-0.1, -0.05) is 31.2 Å². The number of thioether (sulfide) groups is 1. The molecular formula is C22H31IN4OS. The zero-order valence-corrected chi connectivity index (χ0v) is 20.7. The molecule has 0 aliphatic carbocycles. The van der Waals surface area contributed by atoms with E-state index in [0.29, 0.717) is 19.5 Å². The van der Waals surface area contributed by atoms with E-state index < -0.39 is 0 Å². The Hall–Kier alpha value is -1.74. The van der Waals surface area contributed by atoms with E-state index >= 15 is 0 Å². The molecule has 7 heteroatoms. The van der Waals surface area contributed by atoms with Crippen LogP contribution in [0, 0.1) is 6.92 Å². The minimum Gasteiger partial charge on any atom is -0.352 e. The van der Waals surface area contributed by atoms with E-state index in [-0.39, 0.29) is 29.9 Å². The number of carbonyl (C=O) groups excluding carboxylic acids is 1. The average Bonchev–Trinajstić information content (AvgIpc) is 2.69. The number of nitrogens with zero attached hydrogens (tertiary/aromatic N) is 1. The number of nitrogens with one attached hydrogen (secondary N) is 3. The monoisotopic (exact) mass is 526 g/mol. The molecule has 2 rings (SSSR count). The number of amides is 1. The van der Waals surface area contributed by atoms with Crippen molar-refractivity contribution in [2.75, 3.05) is 18.6 Å². The number of benzene rings is 2. The second-order valence-electron chi connectivity index (χ2n) is 6.59. The minimum atomic E-state index is 0. The molecule has 0 spiro atoms. The molecule has 2 aromatic carbocycles. The van der Waals surface area contributed by atoms with Crippen LogP contribution in [0.4, 0.5) is 5.69 Å². The smallest absolute Gasteiger partial charge is 0.224 e. The number of aryl methyl sites for hydroxylation is 1. The standard InChI is InChI=1S/C22H30N4OS.HI/c1-5-7-21(27)26-19-9-6-8-17(13-19)14-24-22(23-3)25-15-18-11-10-16(2)12-20(18)28-4;/h6,8-13H,5,7,14-15H2,1-4H3,(H,26,27)(H2,23,24,25);1H. The fraction of sp³-hybridized carbons (Fsp3) is 0.364. The van der Waals surface area contributed by atoms with Crippen molar-refractivity contribution in [2.24, 2.45) is 4.99 Å². The maximum atomic E-state index is 11.8. The van der Waals surface area contributed by atoms with Crippen LogP contribution in [0.25, 0.3) is 0 Å². The largest absolute Gasteiger partial charge is 0.352 e. The van der Waals surface area contributed by atoms with E-state index in [9.17, 15) is 4.79 Å². The number of carbonyl (C=O) groups is 1. The van der Waals surface area contributed by atoms with Crippen molar-refractivity contribution in [3.05, 3.63) is 59.2 Å². The zero-order valence-electron chi connectivity index (χ0n) is 17.5. The quantitative estimate of drug-likeness (QED) is 0.197. The van der Waals surface area contributed by atoms with Gasteiger partial charge in [-0.3, -0.25) is 9.79 Å². The van der Waals surface area contributed by atoms with Gasteiger partial charge in [0.05, 0.1) is 0 Å². The van der Waals surface area contributed by atoms with Gasteiger partial charge in [-0.15, -0.1) is 35.7 Å². The first-order valence-electron chi connectivity index (χ1n) is 9.52. The molecule has 0 fully saturated rings. The van der Waals surface area contributed by atoms with Crippen molar-refractivity contribution < 1.29 is 4.79 Å². The number of aliphatic imine (C=N–C) groups is 1. The molecule has 0 atom stereocenters. The summed E-state index contributed by atoms with van der Waals surface area (Å²) in [6.45, 7) is 5.44. The SMILES string of the molecule is CCCC(=O)Nc1cccc(CNC(=NC)NCc2ccc(C)cc2SC)c1.I. The molecule has 0 saturated heterocycles. The predicted molar refractivity (Wildman–Crippen MR) is 135 cm³/mol. The van der Waals surface area contributed by atoms with Crippen LogP contribution in [0.3, 0.4) is 0 Å². The second-order valence-corrected chi connectivity index (χ2v) is 7.44. The van der Waals surface area contributed by atoms with Gasteiger partial charge in [-0.2, -0.15) is 0 Å². The van der Waals surface area contributed by atoms with Crippen LogP contribution >= 0.6 is 35.7 Å². The van der Waals surface area contributed by atoms with Gasteiger partial charge in [0.15, 0.2) is 5.96 Å². The fourth-order valence-electron chi connectivity index (χ4n) is 2.79. The van der Waals surface area contributed by atoms with E-state index in [2.05, 4.69) is 52.3 Å². The summed E-state index contributed by atoms with van der Waals surface area (Å²) in [4.78, 5) is 17.4. The third-order valence-electron chi connectivity index (χ3n) is 4.26. The van der Waals surface area contributed by atoms with Gasteiger partial charge in [-0.25, -0.2) is 0 Å². The summed E-state index contributed by atoms with van der Waals surface area (Å²) in [6.07, 6.45) is 3.47. The highest BCUT2D eigenvalue weighted by atomic mass is 127. The van der Waals surface area contributed by atoms with E-state index in [1.807, 2.05) is 31.2 Å². The van der Waals surface area contributed by atoms with Gasteiger partial charge in [-0.05, 0) is 54.5 Å². The maximum absolute atomic E-state index is 11.8. The Bertz CT molecular complexity index is 826. The third kappa shape index (κ3) is 8.65. The predicted octanol–water partition coefficient (Wildman–Crippen LogP) is 4.94. The highest BCUT2D eigenvalue weighted by Gasteiger charge is 2.05. The number of hydrogen-bond acceptors (Lipinski definition) is 3. The van der Waals surface area contributed by atoms with Gasteiger partial charge in [0.2, 0.25) is 5.91 Å². The minimum absolute atomic E-state index is 0. The van der Waals surface area contributed by atoms with Crippen LogP contribution in [0.2, 0.25) is 0 Å². The topological polar surface area (TPSA) is 65.5 Å². The Kier molecular flexibility index (Phi) is 11.8. The number of halogens is 1.